The Morgan fingerprint density at radius 1 is 0.849 bits per heavy atom. The molecule has 1 heterocycles. The lowest BCUT2D eigenvalue weighted by atomic mass is 9.55. The minimum atomic E-state index is -1.57. The van der Waals surface area contributed by atoms with Gasteiger partial charge in [0.1, 0.15) is 30.8 Å². The van der Waals surface area contributed by atoms with Crippen LogP contribution in [0.1, 0.15) is 67.6 Å². The summed E-state index contributed by atoms with van der Waals surface area (Å²) < 4.78 is 38.7. The van der Waals surface area contributed by atoms with Crippen molar-refractivity contribution >= 4 is 29.3 Å². The van der Waals surface area contributed by atoms with Gasteiger partial charge in [0.05, 0.1) is 62.8 Å². The van der Waals surface area contributed by atoms with E-state index < -0.39 is 28.8 Å². The number of aliphatic hydroxyl groups is 3. The number of rotatable bonds is 31. The van der Waals surface area contributed by atoms with Crippen molar-refractivity contribution in [2.45, 2.75) is 80.8 Å². The predicted octanol–water partition coefficient (Wildman–Crippen LogP) is 9.26. The number of hydrogen-bond donors (Lipinski definition) is 3. The smallest absolute Gasteiger partial charge is 0.410 e. The van der Waals surface area contributed by atoms with Gasteiger partial charge < -0.3 is 48.6 Å². The zero-order valence-corrected chi connectivity index (χ0v) is 42.2. The van der Waals surface area contributed by atoms with Crippen LogP contribution in [0.2, 0.25) is 0 Å². The summed E-state index contributed by atoms with van der Waals surface area (Å²) in [5.74, 6) is -0.588. The van der Waals surface area contributed by atoms with Gasteiger partial charge in [-0.2, -0.15) is 0 Å². The number of carbonyl (C=O) groups excluding carboxylic acids is 1. The van der Waals surface area contributed by atoms with E-state index in [4.69, 9.17) is 38.4 Å². The lowest BCUT2D eigenvalue weighted by molar-refractivity contribution is -0.384. The van der Waals surface area contributed by atoms with Crippen LogP contribution in [0.25, 0.3) is 0 Å². The molecule has 3 aliphatic rings. The van der Waals surface area contributed by atoms with E-state index in [9.17, 15) is 30.2 Å². The first-order chi connectivity index (χ1) is 35.8. The summed E-state index contributed by atoms with van der Waals surface area (Å²) in [7, 11) is 0. The van der Waals surface area contributed by atoms with Gasteiger partial charge in [0.15, 0.2) is 0 Å². The fourth-order valence-electron chi connectivity index (χ4n) is 10.2. The van der Waals surface area contributed by atoms with E-state index in [-0.39, 0.29) is 95.9 Å². The van der Waals surface area contributed by atoms with Crippen LogP contribution in [0.3, 0.4) is 0 Å². The van der Waals surface area contributed by atoms with Crippen molar-refractivity contribution in [1.29, 1.82) is 0 Å². The van der Waals surface area contributed by atoms with E-state index in [1.165, 1.54) is 12.1 Å². The van der Waals surface area contributed by atoms with Gasteiger partial charge >= 0.3 is 6.09 Å². The third-order valence-electron chi connectivity index (χ3n) is 13.4. The molecule has 392 valence electrons. The molecule has 4 aromatic rings. The van der Waals surface area contributed by atoms with Gasteiger partial charge in [-0.3, -0.25) is 15.0 Å². The number of thioether (sulfide) groups is 1. The summed E-state index contributed by atoms with van der Waals surface area (Å²) in [6.45, 7) is 4.95. The van der Waals surface area contributed by atoms with Crippen molar-refractivity contribution in [2.75, 3.05) is 71.8 Å². The minimum absolute atomic E-state index is 0.00167. The number of non-ortho nitro benzene ring substituents is 1. The highest BCUT2D eigenvalue weighted by molar-refractivity contribution is 7.99. The molecule has 0 radical (unpaired) electrons. The van der Waals surface area contributed by atoms with Crippen LogP contribution < -0.4 is 9.47 Å². The number of hydrogen-bond acceptors (Lipinski definition) is 15. The van der Waals surface area contributed by atoms with Crippen molar-refractivity contribution in [2.24, 2.45) is 22.9 Å². The minimum Gasteiger partial charge on any atom is -0.493 e. The molecule has 1 amide bonds. The quantitative estimate of drug-likeness (QED) is 0.0142. The zero-order chi connectivity index (χ0) is 51.3. The van der Waals surface area contributed by atoms with E-state index in [0.29, 0.717) is 48.8 Å². The third-order valence-corrected chi connectivity index (χ3v) is 14.4. The maximum Gasteiger partial charge on any atom is 0.410 e. The number of nitro benzene ring substituents is 1. The first-order valence-corrected chi connectivity index (χ1v) is 26.3. The standard InChI is InChI=1S/C56H69N3O13S/c1-2-29-70-56-52(58(25-30-66-31-28-62)55(63)69-33-32-67-39-41-13-5-3-6-14-41)38-50(57-71-40-42-19-21-44(22-20-42)59(64)65)48-36-43(15-9-11-26-60)47(18-10-12-27-61)53(54(48)56)49-37-45(23-24-51(49)72-56)68-34-35-73-46-16-7-4-8-17-46/h2-8,13-14,16-17,19-24,36-37,43,47,52-54,60-62H,1,9-12,15,18,25-35,38-40H2/t43-,47+,52-,53+,54+,56+/m0/s1. The molecule has 1 saturated carbocycles. The first kappa shape index (κ1) is 55.0. The summed E-state index contributed by atoms with van der Waals surface area (Å²) in [6.07, 6.45) is 7.55. The van der Waals surface area contributed by atoms with Gasteiger partial charge in [0.25, 0.3) is 5.69 Å². The number of aliphatic hydroxyl groups excluding tert-OH is 3. The van der Waals surface area contributed by atoms with E-state index in [1.54, 1.807) is 34.9 Å². The van der Waals surface area contributed by atoms with Crippen molar-refractivity contribution in [1.82, 2.24) is 4.90 Å². The Hall–Kier alpha value is -5.79. The second-order valence-corrected chi connectivity index (χ2v) is 19.3. The summed E-state index contributed by atoms with van der Waals surface area (Å²) in [6, 6.07) is 30.9. The average Bonchev–Trinajstić information content (AvgIpc) is 3.41. The van der Waals surface area contributed by atoms with Crippen molar-refractivity contribution < 1.29 is 58.3 Å². The van der Waals surface area contributed by atoms with E-state index in [2.05, 4.69) is 30.9 Å². The van der Waals surface area contributed by atoms with Gasteiger partial charge in [0.2, 0.25) is 5.79 Å². The van der Waals surface area contributed by atoms with Gasteiger partial charge in [-0.05, 0) is 96.7 Å². The van der Waals surface area contributed by atoms with Crippen LogP contribution in [0, 0.1) is 27.9 Å². The highest BCUT2D eigenvalue weighted by Gasteiger charge is 2.65. The molecule has 0 unspecified atom stereocenters. The highest BCUT2D eigenvalue weighted by atomic mass is 32.2. The Balaban J connectivity index is 1.33. The van der Waals surface area contributed by atoms with Crippen LogP contribution in [0.4, 0.5) is 10.5 Å². The molecule has 17 heteroatoms. The fraction of sp³-hybridized carbons (Fsp3) is 0.464. The summed E-state index contributed by atoms with van der Waals surface area (Å²) in [5.41, 5.74) is 3.89. The number of ether oxygens (including phenoxy) is 6. The number of oxime groups is 1. The molecule has 73 heavy (non-hydrogen) atoms. The number of nitro groups is 1. The number of allylic oxidation sites excluding steroid dienone is 1. The number of fused-ring (bicyclic) bond motifs is 2. The summed E-state index contributed by atoms with van der Waals surface area (Å²) >= 11 is 1.71. The highest BCUT2D eigenvalue weighted by Crippen LogP contribution is 2.62. The monoisotopic (exact) mass is 1020 g/mol. The molecule has 0 saturated heterocycles. The first-order valence-electron chi connectivity index (χ1n) is 25.3. The molecule has 1 aliphatic heterocycles. The largest absolute Gasteiger partial charge is 0.493 e. The molecule has 4 aromatic carbocycles. The predicted molar refractivity (Wildman–Crippen MR) is 278 cm³/mol. The fourth-order valence-corrected chi connectivity index (χ4v) is 11.0. The lowest BCUT2D eigenvalue weighted by Crippen LogP contribution is -2.70. The molecular weight excluding hydrogens is 955 g/mol. The molecule has 0 aromatic heterocycles. The molecule has 1 fully saturated rings. The van der Waals surface area contributed by atoms with Crippen LogP contribution in [0.5, 0.6) is 11.5 Å². The molecule has 0 spiro atoms. The molecule has 0 bridgehead atoms. The molecule has 2 aliphatic carbocycles. The summed E-state index contributed by atoms with van der Waals surface area (Å²) in [4.78, 5) is 34.7. The Labute approximate surface area is 432 Å². The third kappa shape index (κ3) is 14.7. The molecular formula is C56H69N3O13S. The number of amides is 1. The second-order valence-electron chi connectivity index (χ2n) is 18.2. The Bertz CT molecular complexity index is 2410. The lowest BCUT2D eigenvalue weighted by Gasteiger charge is -2.59. The van der Waals surface area contributed by atoms with Crippen LogP contribution in [-0.2, 0) is 37.0 Å². The Kier molecular flexibility index (Phi) is 21.5. The van der Waals surface area contributed by atoms with Crippen LogP contribution in [0.15, 0.2) is 137 Å². The van der Waals surface area contributed by atoms with Gasteiger partial charge in [-0.25, -0.2) is 4.79 Å². The van der Waals surface area contributed by atoms with Gasteiger partial charge in [-0.15, -0.1) is 18.3 Å². The van der Waals surface area contributed by atoms with Crippen molar-refractivity contribution in [3.63, 3.8) is 0 Å². The topological polar surface area (TPSA) is 201 Å². The van der Waals surface area contributed by atoms with E-state index >= 15 is 0 Å². The number of benzene rings is 4. The number of unbranched alkanes of at least 4 members (excludes halogenated alkanes) is 2. The number of carbonyl (C=O) groups is 1. The van der Waals surface area contributed by atoms with Gasteiger partial charge in [-0.1, -0.05) is 78.7 Å². The van der Waals surface area contributed by atoms with Crippen molar-refractivity contribution in [3.8, 4) is 11.5 Å². The van der Waals surface area contributed by atoms with Crippen LogP contribution in [-0.4, -0.2) is 121 Å². The normalized spacial score (nSPS) is 21.3. The summed E-state index contributed by atoms with van der Waals surface area (Å²) in [5, 5.41) is 46.1. The Morgan fingerprint density at radius 2 is 1.59 bits per heavy atom. The molecule has 6 atom stereocenters. The maximum absolute atomic E-state index is 14.8. The van der Waals surface area contributed by atoms with Gasteiger partial charge in [0, 0.05) is 60.4 Å². The second kappa shape index (κ2) is 28.6. The maximum atomic E-state index is 14.8. The SMILES string of the molecule is C=CCO[C@@]12Oc3ccc(OCCSc4ccccc4)cc3[C@H]3[C@H](CCCCO)[C@@H](CCCCO)C=C(C(=NOCc4ccc([N+](=O)[O-])cc4)C[C@@H]1N(CCOCCO)C(=O)OCCOCc1ccccc1)[C@H]32. The molecule has 7 rings (SSSR count). The average molecular weight is 1020 g/mol. The number of nitrogens with zero attached hydrogens (tertiary/aromatic N) is 3. The Morgan fingerprint density at radius 3 is 2.32 bits per heavy atom. The molecule has 3 N–H and O–H groups in total. The van der Waals surface area contributed by atoms with Crippen LogP contribution >= 0.6 is 11.8 Å². The van der Waals surface area contributed by atoms with E-state index in [1.807, 2.05) is 60.7 Å². The molecule has 16 nitrogen and oxygen atoms in total. The van der Waals surface area contributed by atoms with E-state index in [0.717, 1.165) is 53.0 Å². The zero-order valence-electron chi connectivity index (χ0n) is 41.4. The van der Waals surface area contributed by atoms with Crippen molar-refractivity contribution in [3.05, 3.63) is 154 Å².